The van der Waals surface area contributed by atoms with E-state index in [-0.39, 0.29) is 34.5 Å². The number of carboxylic acids is 2. The van der Waals surface area contributed by atoms with Gasteiger partial charge in [-0.25, -0.2) is 19.4 Å². The number of aromatic nitrogens is 3. The number of hydrogen-bond donors (Lipinski definition) is 5. The van der Waals surface area contributed by atoms with Crippen molar-refractivity contribution in [2.45, 2.75) is 12.7 Å². The number of anilines is 1. The van der Waals surface area contributed by atoms with E-state index < -0.39 is 41.0 Å². The molecule has 0 unspecified atom stereocenters. The van der Waals surface area contributed by atoms with Gasteiger partial charge in [0.05, 0.1) is 27.8 Å². The Morgan fingerprint density at radius 1 is 1.05 bits per heavy atom. The molecule has 2 aromatic heterocycles. The number of nitrogens with one attached hydrogen (secondary N) is 3. The number of aromatic carboxylic acids is 2. The highest BCUT2D eigenvalue weighted by Gasteiger charge is 2.35. The fourth-order valence-corrected chi connectivity index (χ4v) is 3.49. The molecular formula is C23H16F3N5O6. The molecule has 0 aliphatic carbocycles. The summed E-state index contributed by atoms with van der Waals surface area (Å²) < 4.78 is 42.5. The van der Waals surface area contributed by atoms with Gasteiger partial charge in [0.25, 0.3) is 5.56 Å². The monoisotopic (exact) mass is 515 g/mol. The molecule has 37 heavy (non-hydrogen) atoms. The van der Waals surface area contributed by atoms with Crippen LogP contribution in [0.1, 0.15) is 32.0 Å². The number of rotatable bonds is 6. The number of benzene rings is 2. The quantitative estimate of drug-likeness (QED) is 0.262. The summed E-state index contributed by atoms with van der Waals surface area (Å²) in [5.74, 6) is -2.80. The second-order valence-electron chi connectivity index (χ2n) is 7.72. The fraction of sp³-hybridized carbons (Fsp3) is 0.0870. The number of nitrogens with zero attached hydrogens (tertiary/aromatic N) is 2. The van der Waals surface area contributed by atoms with Crippen LogP contribution >= 0.6 is 0 Å². The summed E-state index contributed by atoms with van der Waals surface area (Å²) in [7, 11) is 0. The van der Waals surface area contributed by atoms with Gasteiger partial charge in [0.1, 0.15) is 0 Å². The molecule has 0 saturated heterocycles. The summed E-state index contributed by atoms with van der Waals surface area (Å²) in [5, 5.41) is 23.1. The van der Waals surface area contributed by atoms with Crippen LogP contribution in [0.4, 0.5) is 23.7 Å². The third-order valence-corrected chi connectivity index (χ3v) is 5.17. The lowest BCUT2D eigenvalue weighted by atomic mass is 10.1. The molecule has 0 fully saturated rings. The number of halogens is 3. The molecule has 4 aromatic rings. The number of hydrogen-bond acceptors (Lipinski definition) is 5. The molecule has 0 radical (unpaired) electrons. The minimum atomic E-state index is -4.82. The maximum absolute atomic E-state index is 13.8. The van der Waals surface area contributed by atoms with Gasteiger partial charge in [0.15, 0.2) is 0 Å². The van der Waals surface area contributed by atoms with E-state index >= 15 is 0 Å². The number of aromatic amines is 1. The Bertz CT molecular complexity index is 1610. The Morgan fingerprint density at radius 2 is 1.81 bits per heavy atom. The van der Waals surface area contributed by atoms with E-state index in [4.69, 9.17) is 10.2 Å². The van der Waals surface area contributed by atoms with Crippen LogP contribution in [-0.2, 0) is 12.7 Å². The van der Waals surface area contributed by atoms with Crippen LogP contribution in [0.15, 0.2) is 59.7 Å². The molecule has 2 amide bonds. The number of H-pyrrole nitrogens is 1. The molecule has 2 heterocycles. The average Bonchev–Trinajstić information content (AvgIpc) is 3.30. The summed E-state index contributed by atoms with van der Waals surface area (Å²) in [6.45, 7) is -0.0822. The summed E-state index contributed by atoms with van der Waals surface area (Å²) in [5.41, 5.74) is -3.32. The molecule has 0 spiro atoms. The first kappa shape index (κ1) is 25.0. The molecule has 0 atom stereocenters. The van der Waals surface area contributed by atoms with E-state index in [1.54, 1.807) is 0 Å². The maximum atomic E-state index is 13.8. The number of urea groups is 1. The zero-order chi connectivity index (χ0) is 26.9. The van der Waals surface area contributed by atoms with Crippen LogP contribution < -0.4 is 16.2 Å². The van der Waals surface area contributed by atoms with Crippen molar-refractivity contribution in [1.82, 2.24) is 19.9 Å². The van der Waals surface area contributed by atoms with E-state index in [0.29, 0.717) is 11.6 Å². The van der Waals surface area contributed by atoms with Crippen molar-refractivity contribution in [3.8, 4) is 5.69 Å². The molecule has 0 saturated carbocycles. The average molecular weight is 515 g/mol. The number of alkyl halides is 3. The van der Waals surface area contributed by atoms with E-state index in [2.05, 4.69) is 20.6 Å². The highest BCUT2D eigenvalue weighted by atomic mass is 19.4. The number of carboxylic acid groups (broad SMARTS) is 2. The maximum Gasteiger partial charge on any atom is 0.418 e. The van der Waals surface area contributed by atoms with E-state index in [9.17, 15) is 32.3 Å². The van der Waals surface area contributed by atoms with Gasteiger partial charge in [-0.15, -0.1) is 0 Å². The third-order valence-electron chi connectivity index (χ3n) is 5.17. The second kappa shape index (κ2) is 9.49. The van der Waals surface area contributed by atoms with Crippen molar-refractivity contribution in [3.05, 3.63) is 87.6 Å². The first-order valence-electron chi connectivity index (χ1n) is 10.4. The first-order valence-corrected chi connectivity index (χ1v) is 10.4. The Kier molecular flexibility index (Phi) is 6.40. The minimum absolute atomic E-state index is 0.0280. The van der Waals surface area contributed by atoms with Crippen LogP contribution in [0.2, 0.25) is 0 Å². The minimum Gasteiger partial charge on any atom is -0.478 e. The van der Waals surface area contributed by atoms with Gasteiger partial charge in [0.2, 0.25) is 5.69 Å². The largest absolute Gasteiger partial charge is 0.478 e. The van der Waals surface area contributed by atoms with Gasteiger partial charge < -0.3 is 30.4 Å². The van der Waals surface area contributed by atoms with Crippen molar-refractivity contribution in [1.29, 1.82) is 0 Å². The molecule has 5 N–H and O–H groups in total. The zero-order valence-corrected chi connectivity index (χ0v) is 18.5. The second-order valence-corrected chi connectivity index (χ2v) is 7.72. The summed E-state index contributed by atoms with van der Waals surface area (Å²) >= 11 is 0. The van der Waals surface area contributed by atoms with Crippen molar-refractivity contribution in [2.75, 3.05) is 5.32 Å². The lowest BCUT2D eigenvalue weighted by Gasteiger charge is -2.15. The highest BCUT2D eigenvalue weighted by Crippen LogP contribution is 2.36. The van der Waals surface area contributed by atoms with Gasteiger partial charge in [0, 0.05) is 24.6 Å². The summed E-state index contributed by atoms with van der Waals surface area (Å²) in [6, 6.07) is 7.99. The molecule has 0 bridgehead atoms. The number of amides is 2. The zero-order valence-electron chi connectivity index (χ0n) is 18.5. The Balaban J connectivity index is 1.58. The molecule has 14 heteroatoms. The summed E-state index contributed by atoms with van der Waals surface area (Å²) in [6.07, 6.45) is -2.18. The van der Waals surface area contributed by atoms with Crippen LogP contribution in [-0.4, -0.2) is 42.7 Å². The van der Waals surface area contributed by atoms with Gasteiger partial charge in [-0.1, -0.05) is 6.07 Å². The van der Waals surface area contributed by atoms with Crippen molar-refractivity contribution in [2.24, 2.45) is 0 Å². The van der Waals surface area contributed by atoms with Crippen molar-refractivity contribution in [3.63, 3.8) is 0 Å². The molecule has 4 rings (SSSR count). The van der Waals surface area contributed by atoms with Gasteiger partial charge in [-0.05, 0) is 42.0 Å². The van der Waals surface area contributed by atoms with Crippen molar-refractivity contribution >= 4 is 34.7 Å². The predicted molar refractivity (Wildman–Crippen MR) is 123 cm³/mol. The topological polar surface area (TPSA) is 166 Å². The molecule has 2 aromatic carbocycles. The molecule has 0 aliphatic heterocycles. The lowest BCUT2D eigenvalue weighted by molar-refractivity contribution is -0.137. The standard InChI is InChI=1S/C23H16F3N5O6/c24-23(25,26)14-7-15-16(29-18(21(35)36)19(32)30-15)8-17(14)31-5-4-11(10-31)9-27-22(37)28-13-3-1-2-12(6-13)20(33)34/h1-8,10H,9H2,(H,30,32)(H,33,34)(H,35,36)(H2,27,28,37). The predicted octanol–water partition coefficient (Wildman–Crippen LogP) is 3.45. The molecular weight excluding hydrogens is 499 g/mol. The van der Waals surface area contributed by atoms with Crippen LogP contribution in [0.3, 0.4) is 0 Å². The Morgan fingerprint density at radius 3 is 2.49 bits per heavy atom. The van der Waals surface area contributed by atoms with Crippen LogP contribution in [0, 0.1) is 0 Å². The lowest BCUT2D eigenvalue weighted by Crippen LogP contribution is -2.28. The van der Waals surface area contributed by atoms with Crippen molar-refractivity contribution < 1.29 is 37.8 Å². The van der Waals surface area contributed by atoms with Gasteiger partial charge in [-0.3, -0.25) is 4.79 Å². The smallest absolute Gasteiger partial charge is 0.418 e. The Labute approximate surface area is 204 Å². The van der Waals surface area contributed by atoms with E-state index in [0.717, 1.165) is 10.6 Å². The normalized spacial score (nSPS) is 11.3. The van der Waals surface area contributed by atoms with E-state index in [1.165, 1.54) is 42.7 Å². The molecule has 11 nitrogen and oxygen atoms in total. The summed E-state index contributed by atoms with van der Waals surface area (Å²) in [4.78, 5) is 52.0. The molecule has 0 aliphatic rings. The van der Waals surface area contributed by atoms with Gasteiger partial charge in [-0.2, -0.15) is 13.2 Å². The SMILES string of the molecule is O=C(NCc1ccn(-c2cc3nc(C(=O)O)c(=O)[nH]c3cc2C(F)(F)F)c1)Nc1cccc(C(=O)O)c1. The first-order chi connectivity index (χ1) is 17.4. The molecule has 190 valence electrons. The number of carbonyl (C=O) groups excluding carboxylic acids is 1. The van der Waals surface area contributed by atoms with Crippen LogP contribution in [0.25, 0.3) is 16.7 Å². The number of carbonyl (C=O) groups is 3. The van der Waals surface area contributed by atoms with Crippen LogP contribution in [0.5, 0.6) is 0 Å². The highest BCUT2D eigenvalue weighted by molar-refractivity contribution is 5.93. The third kappa shape index (κ3) is 5.42. The van der Waals surface area contributed by atoms with Gasteiger partial charge >= 0.3 is 24.1 Å². The van der Waals surface area contributed by atoms with E-state index in [1.807, 2.05) is 0 Å². The fourth-order valence-electron chi connectivity index (χ4n) is 3.49. The number of fused-ring (bicyclic) bond motifs is 1. The Hall–Kier alpha value is -5.14.